The molecule has 1 aromatic rings. The topological polar surface area (TPSA) is 41.5 Å². The van der Waals surface area contributed by atoms with E-state index in [-0.39, 0.29) is 23.9 Å². The Hall–Kier alpha value is -0.680. The van der Waals surface area contributed by atoms with Crippen molar-refractivity contribution in [3.8, 4) is 0 Å². The number of aliphatic hydroxyl groups excluding tert-OH is 1. The zero-order valence-corrected chi connectivity index (χ0v) is 13.5. The maximum atomic E-state index is 13.8. The van der Waals surface area contributed by atoms with Gasteiger partial charge >= 0.3 is 0 Å². The number of rotatable bonds is 6. The van der Waals surface area contributed by atoms with Crippen LogP contribution in [-0.4, -0.2) is 30.0 Å². The lowest BCUT2D eigenvalue weighted by Crippen LogP contribution is -2.73. The van der Waals surface area contributed by atoms with E-state index in [1.807, 2.05) is 6.92 Å². The van der Waals surface area contributed by atoms with E-state index in [2.05, 4.69) is 19.2 Å². The third-order valence-electron chi connectivity index (χ3n) is 4.84. The highest BCUT2D eigenvalue weighted by Crippen LogP contribution is 2.51. The molecular formula is C16H23ClFNO2. The zero-order valence-electron chi connectivity index (χ0n) is 12.7. The molecular weight excluding hydrogens is 293 g/mol. The molecule has 0 aromatic heterocycles. The molecule has 0 saturated heterocycles. The molecule has 0 bridgehead atoms. The van der Waals surface area contributed by atoms with Crippen LogP contribution in [0.3, 0.4) is 0 Å². The van der Waals surface area contributed by atoms with Crippen molar-refractivity contribution in [1.29, 1.82) is 0 Å². The van der Waals surface area contributed by atoms with Gasteiger partial charge in [-0.05, 0) is 25.5 Å². The van der Waals surface area contributed by atoms with Gasteiger partial charge in [-0.1, -0.05) is 31.5 Å². The first kappa shape index (κ1) is 16.7. The van der Waals surface area contributed by atoms with Crippen LogP contribution in [0.2, 0.25) is 5.02 Å². The molecule has 0 amide bonds. The lowest BCUT2D eigenvalue weighted by molar-refractivity contribution is -0.177. The molecule has 1 saturated carbocycles. The smallest absolute Gasteiger partial charge is 0.129 e. The molecule has 2 atom stereocenters. The fourth-order valence-electron chi connectivity index (χ4n) is 3.03. The summed E-state index contributed by atoms with van der Waals surface area (Å²) in [4.78, 5) is 0. The second kappa shape index (κ2) is 6.21. The fraction of sp³-hybridized carbons (Fsp3) is 0.625. The Kier molecular flexibility index (Phi) is 4.93. The molecule has 2 rings (SSSR count). The molecule has 0 aliphatic heterocycles. The number of hydrogen-bond donors (Lipinski definition) is 2. The standard InChI is InChI=1S/C16H23ClFNO2/c1-4-21-14-8-16(10-20,15(14,2)3)19-9-11-5-6-12(17)7-13(11)18/h5-7,14,19-20H,4,8-10H2,1-3H3/t14-,16-/m1/s1. The van der Waals surface area contributed by atoms with Gasteiger partial charge < -0.3 is 15.2 Å². The minimum Gasteiger partial charge on any atom is -0.394 e. The highest BCUT2D eigenvalue weighted by atomic mass is 35.5. The van der Waals surface area contributed by atoms with Crippen LogP contribution in [0.4, 0.5) is 4.39 Å². The maximum Gasteiger partial charge on any atom is 0.129 e. The molecule has 5 heteroatoms. The van der Waals surface area contributed by atoms with E-state index in [0.717, 1.165) is 6.42 Å². The molecule has 0 heterocycles. The monoisotopic (exact) mass is 315 g/mol. The van der Waals surface area contributed by atoms with Crippen LogP contribution >= 0.6 is 11.6 Å². The van der Waals surface area contributed by atoms with Gasteiger partial charge in [-0.2, -0.15) is 0 Å². The third-order valence-corrected chi connectivity index (χ3v) is 5.08. The molecule has 3 nitrogen and oxygen atoms in total. The second-order valence-corrected chi connectivity index (χ2v) is 6.64. The van der Waals surface area contributed by atoms with E-state index >= 15 is 0 Å². The highest BCUT2D eigenvalue weighted by Gasteiger charge is 2.60. The average Bonchev–Trinajstić information content (AvgIpc) is 2.43. The number of ether oxygens (including phenoxy) is 1. The van der Waals surface area contributed by atoms with Crippen LogP contribution in [0.15, 0.2) is 18.2 Å². The van der Waals surface area contributed by atoms with Crippen molar-refractivity contribution in [2.24, 2.45) is 5.41 Å². The van der Waals surface area contributed by atoms with E-state index in [1.54, 1.807) is 12.1 Å². The lowest BCUT2D eigenvalue weighted by atomic mass is 9.54. The molecule has 1 aromatic carbocycles. The number of benzene rings is 1. The minimum absolute atomic E-state index is 0.00121. The van der Waals surface area contributed by atoms with Gasteiger partial charge in [0.05, 0.1) is 18.2 Å². The summed E-state index contributed by atoms with van der Waals surface area (Å²) < 4.78 is 19.5. The Balaban J connectivity index is 2.07. The van der Waals surface area contributed by atoms with Gasteiger partial charge in [-0.15, -0.1) is 0 Å². The molecule has 0 unspecified atom stereocenters. The van der Waals surface area contributed by atoms with Crippen molar-refractivity contribution in [3.63, 3.8) is 0 Å². The molecule has 0 radical (unpaired) electrons. The average molecular weight is 316 g/mol. The first-order valence-corrected chi connectivity index (χ1v) is 7.65. The van der Waals surface area contributed by atoms with Gasteiger partial charge in [0.25, 0.3) is 0 Å². The van der Waals surface area contributed by atoms with Crippen LogP contribution in [0.1, 0.15) is 32.8 Å². The fourth-order valence-corrected chi connectivity index (χ4v) is 3.19. The Labute approximate surface area is 130 Å². The predicted molar refractivity (Wildman–Crippen MR) is 81.9 cm³/mol. The summed E-state index contributed by atoms with van der Waals surface area (Å²) in [7, 11) is 0. The Morgan fingerprint density at radius 2 is 2.19 bits per heavy atom. The predicted octanol–water partition coefficient (Wildman–Crippen LogP) is 3.13. The summed E-state index contributed by atoms with van der Waals surface area (Å²) in [5, 5.41) is 13.5. The Morgan fingerprint density at radius 3 is 2.71 bits per heavy atom. The van der Waals surface area contributed by atoms with Gasteiger partial charge in [0, 0.05) is 29.2 Å². The van der Waals surface area contributed by atoms with Crippen molar-refractivity contribution < 1.29 is 14.2 Å². The number of aliphatic hydroxyl groups is 1. The maximum absolute atomic E-state index is 13.8. The molecule has 118 valence electrons. The van der Waals surface area contributed by atoms with E-state index in [4.69, 9.17) is 16.3 Å². The van der Waals surface area contributed by atoms with Gasteiger partial charge in [0.15, 0.2) is 0 Å². The van der Waals surface area contributed by atoms with Crippen molar-refractivity contribution >= 4 is 11.6 Å². The van der Waals surface area contributed by atoms with Gasteiger partial charge in [0.1, 0.15) is 5.82 Å². The van der Waals surface area contributed by atoms with Crippen molar-refractivity contribution in [2.45, 2.75) is 45.4 Å². The molecule has 2 N–H and O–H groups in total. The van der Waals surface area contributed by atoms with Gasteiger partial charge in [-0.25, -0.2) is 4.39 Å². The van der Waals surface area contributed by atoms with E-state index < -0.39 is 5.54 Å². The van der Waals surface area contributed by atoms with Crippen LogP contribution in [-0.2, 0) is 11.3 Å². The lowest BCUT2D eigenvalue weighted by Gasteiger charge is -2.60. The summed E-state index contributed by atoms with van der Waals surface area (Å²) in [5.74, 6) is -0.332. The van der Waals surface area contributed by atoms with Gasteiger partial charge in [-0.3, -0.25) is 0 Å². The number of halogens is 2. The zero-order chi connectivity index (χ0) is 15.7. The molecule has 0 spiro atoms. The molecule has 21 heavy (non-hydrogen) atoms. The summed E-state index contributed by atoms with van der Waals surface area (Å²) in [5.41, 5.74) is -0.109. The highest BCUT2D eigenvalue weighted by molar-refractivity contribution is 6.30. The molecule has 1 fully saturated rings. The summed E-state index contributed by atoms with van der Waals surface area (Å²) in [6, 6.07) is 4.64. The van der Waals surface area contributed by atoms with Gasteiger partial charge in [0.2, 0.25) is 0 Å². The van der Waals surface area contributed by atoms with Crippen LogP contribution < -0.4 is 5.32 Å². The van der Waals surface area contributed by atoms with Crippen molar-refractivity contribution in [1.82, 2.24) is 5.32 Å². The van der Waals surface area contributed by atoms with Crippen LogP contribution in [0.5, 0.6) is 0 Å². The summed E-state index contributed by atoms with van der Waals surface area (Å²) in [6.45, 7) is 7.11. The molecule has 1 aliphatic rings. The van der Waals surface area contributed by atoms with Crippen LogP contribution in [0, 0.1) is 11.2 Å². The normalized spacial score (nSPS) is 27.4. The largest absolute Gasteiger partial charge is 0.394 e. The van der Waals surface area contributed by atoms with E-state index in [0.29, 0.717) is 23.7 Å². The minimum atomic E-state index is -0.446. The van der Waals surface area contributed by atoms with Crippen molar-refractivity contribution in [3.05, 3.63) is 34.6 Å². The third kappa shape index (κ3) is 2.95. The quantitative estimate of drug-likeness (QED) is 0.847. The van der Waals surface area contributed by atoms with Crippen LogP contribution in [0.25, 0.3) is 0 Å². The first-order chi connectivity index (χ1) is 9.86. The summed E-state index contributed by atoms with van der Waals surface area (Å²) in [6.07, 6.45) is 0.830. The van der Waals surface area contributed by atoms with E-state index in [1.165, 1.54) is 6.07 Å². The number of hydrogen-bond acceptors (Lipinski definition) is 3. The Bertz CT molecular complexity index is 509. The first-order valence-electron chi connectivity index (χ1n) is 7.27. The Morgan fingerprint density at radius 1 is 1.48 bits per heavy atom. The molecule has 1 aliphatic carbocycles. The SMILES string of the molecule is CCO[C@@H]1C[C@](CO)(NCc2ccc(Cl)cc2F)C1(C)C. The summed E-state index contributed by atoms with van der Waals surface area (Å²) >= 11 is 5.75. The second-order valence-electron chi connectivity index (χ2n) is 6.20. The van der Waals surface area contributed by atoms with Crippen molar-refractivity contribution in [2.75, 3.05) is 13.2 Å². The number of nitrogens with one attached hydrogen (secondary N) is 1. The van der Waals surface area contributed by atoms with E-state index in [9.17, 15) is 9.50 Å².